The maximum Gasteiger partial charge on any atom is 0.416 e. The Morgan fingerprint density at radius 3 is 2.50 bits per heavy atom. The minimum atomic E-state index is -4.69. The first kappa shape index (κ1) is 19.9. The summed E-state index contributed by atoms with van der Waals surface area (Å²) in [6.45, 7) is 0.346. The second-order valence-electron chi connectivity index (χ2n) is 7.64. The number of hydrogen-bond acceptors (Lipinski definition) is 4. The molecule has 1 aromatic carbocycles. The number of amides is 2. The van der Waals surface area contributed by atoms with E-state index < -0.39 is 23.6 Å². The Kier molecular flexibility index (Phi) is 4.76. The number of aryl methyl sites for hydroxylation is 1. The van der Waals surface area contributed by atoms with Crippen molar-refractivity contribution >= 4 is 17.5 Å². The topological polar surface area (TPSA) is 91.0 Å². The SMILES string of the molecule is Cn1nc(C2CC2)cc1C(=O)Nc1cc(C(=O)N2CC(C#N)C2)cc(C(F)(F)F)c1. The van der Waals surface area contributed by atoms with Crippen LogP contribution in [0.3, 0.4) is 0 Å². The third-order valence-corrected chi connectivity index (χ3v) is 5.24. The lowest BCUT2D eigenvalue weighted by molar-refractivity contribution is -0.137. The molecule has 7 nitrogen and oxygen atoms in total. The number of likely N-dealkylation sites (tertiary alicyclic amines) is 1. The molecule has 2 amide bonds. The van der Waals surface area contributed by atoms with Crippen LogP contribution in [0.5, 0.6) is 0 Å². The van der Waals surface area contributed by atoms with Crippen molar-refractivity contribution in [1.82, 2.24) is 14.7 Å². The Bertz CT molecular complexity index is 1060. The van der Waals surface area contributed by atoms with Crippen molar-refractivity contribution in [3.8, 4) is 6.07 Å². The highest BCUT2D eigenvalue weighted by atomic mass is 19.4. The van der Waals surface area contributed by atoms with Gasteiger partial charge in [0.2, 0.25) is 0 Å². The Hall–Kier alpha value is -3.35. The van der Waals surface area contributed by atoms with Gasteiger partial charge >= 0.3 is 6.18 Å². The van der Waals surface area contributed by atoms with Crippen LogP contribution in [0.25, 0.3) is 0 Å². The Balaban J connectivity index is 1.60. The lowest BCUT2D eigenvalue weighted by Gasteiger charge is -2.35. The van der Waals surface area contributed by atoms with Crippen LogP contribution in [-0.4, -0.2) is 39.6 Å². The van der Waals surface area contributed by atoms with Gasteiger partial charge in [-0.3, -0.25) is 14.3 Å². The monoisotopic (exact) mass is 417 g/mol. The number of carbonyl (C=O) groups is 2. The van der Waals surface area contributed by atoms with Crippen molar-refractivity contribution in [1.29, 1.82) is 5.26 Å². The smallest absolute Gasteiger partial charge is 0.336 e. The molecule has 2 fully saturated rings. The molecule has 0 bridgehead atoms. The number of halogens is 3. The van der Waals surface area contributed by atoms with Crippen molar-refractivity contribution in [2.45, 2.75) is 24.9 Å². The average molecular weight is 417 g/mol. The van der Waals surface area contributed by atoms with E-state index >= 15 is 0 Å². The van der Waals surface area contributed by atoms with Crippen LogP contribution in [0, 0.1) is 17.2 Å². The fourth-order valence-corrected chi connectivity index (χ4v) is 3.37. The Morgan fingerprint density at radius 1 is 1.20 bits per heavy atom. The summed E-state index contributed by atoms with van der Waals surface area (Å²) in [5, 5.41) is 15.6. The second kappa shape index (κ2) is 7.16. The molecule has 0 radical (unpaired) electrons. The van der Waals surface area contributed by atoms with E-state index in [4.69, 9.17) is 5.26 Å². The number of aromatic nitrogens is 2. The standard InChI is InChI=1S/C20H18F3N5O2/c1-27-17(7-16(26-27)12-2-3-12)18(29)25-15-5-13(4-14(6-15)20(21,22)23)19(30)28-9-11(8-24)10-28/h4-7,11-12H,2-3,9-10H2,1H3,(H,25,29). The van der Waals surface area contributed by atoms with Crippen LogP contribution >= 0.6 is 0 Å². The van der Waals surface area contributed by atoms with Gasteiger partial charge in [-0.25, -0.2) is 0 Å². The minimum Gasteiger partial charge on any atom is -0.336 e. The Morgan fingerprint density at radius 2 is 1.90 bits per heavy atom. The third kappa shape index (κ3) is 3.87. The molecule has 2 heterocycles. The van der Waals surface area contributed by atoms with Crippen molar-refractivity contribution in [3.05, 3.63) is 46.8 Å². The summed E-state index contributed by atoms with van der Waals surface area (Å²) in [6, 6.07) is 6.41. The number of benzene rings is 1. The van der Waals surface area contributed by atoms with E-state index in [1.54, 1.807) is 13.1 Å². The molecular formula is C20H18F3N5O2. The number of rotatable bonds is 4. The van der Waals surface area contributed by atoms with E-state index in [0.717, 1.165) is 30.7 Å². The zero-order valence-electron chi connectivity index (χ0n) is 16.0. The molecule has 0 atom stereocenters. The highest BCUT2D eigenvalue weighted by Crippen LogP contribution is 2.39. The molecule has 2 aromatic rings. The van der Waals surface area contributed by atoms with E-state index in [0.29, 0.717) is 5.92 Å². The molecule has 156 valence electrons. The maximum absolute atomic E-state index is 13.4. The zero-order valence-corrected chi connectivity index (χ0v) is 16.0. The second-order valence-corrected chi connectivity index (χ2v) is 7.64. The van der Waals surface area contributed by atoms with Crippen molar-refractivity contribution in [2.24, 2.45) is 13.0 Å². The number of anilines is 1. The van der Waals surface area contributed by atoms with Gasteiger partial charge in [0.1, 0.15) is 5.69 Å². The molecule has 1 saturated carbocycles. The van der Waals surface area contributed by atoms with Gasteiger partial charge in [-0.05, 0) is 37.1 Å². The van der Waals surface area contributed by atoms with Crippen molar-refractivity contribution in [3.63, 3.8) is 0 Å². The molecule has 4 rings (SSSR count). The molecule has 0 unspecified atom stereocenters. The van der Waals surface area contributed by atoms with Crippen LogP contribution in [0.4, 0.5) is 18.9 Å². The summed E-state index contributed by atoms with van der Waals surface area (Å²) < 4.78 is 41.5. The van der Waals surface area contributed by atoms with Crippen LogP contribution in [-0.2, 0) is 13.2 Å². The largest absolute Gasteiger partial charge is 0.416 e. The first-order valence-electron chi connectivity index (χ1n) is 9.42. The fourth-order valence-electron chi connectivity index (χ4n) is 3.37. The molecule has 10 heteroatoms. The normalized spacial score (nSPS) is 16.7. The van der Waals surface area contributed by atoms with Gasteiger partial charge in [-0.1, -0.05) is 0 Å². The fraction of sp³-hybridized carbons (Fsp3) is 0.400. The van der Waals surface area contributed by atoms with E-state index in [1.807, 2.05) is 6.07 Å². The van der Waals surface area contributed by atoms with Gasteiger partial charge in [0.05, 0.1) is 23.2 Å². The molecule has 1 N–H and O–H groups in total. The van der Waals surface area contributed by atoms with Crippen molar-refractivity contribution < 1.29 is 22.8 Å². The first-order chi connectivity index (χ1) is 14.2. The molecular weight excluding hydrogens is 399 g/mol. The lowest BCUT2D eigenvalue weighted by atomic mass is 9.99. The molecule has 30 heavy (non-hydrogen) atoms. The summed E-state index contributed by atoms with van der Waals surface area (Å²) in [5.41, 5.74) is -0.358. The van der Waals surface area contributed by atoms with Gasteiger partial charge in [0.15, 0.2) is 0 Å². The predicted molar refractivity (Wildman–Crippen MR) is 99.6 cm³/mol. The number of nitrogens with zero attached hydrogens (tertiary/aromatic N) is 4. The van der Waals surface area contributed by atoms with E-state index in [9.17, 15) is 22.8 Å². The Labute approximate surface area is 170 Å². The molecule has 1 aliphatic carbocycles. The van der Waals surface area contributed by atoms with Crippen LogP contribution in [0.1, 0.15) is 50.9 Å². The van der Waals surface area contributed by atoms with Gasteiger partial charge in [-0.2, -0.15) is 23.5 Å². The van der Waals surface area contributed by atoms with Crippen LogP contribution in [0.15, 0.2) is 24.3 Å². The average Bonchev–Trinajstić information content (AvgIpc) is 3.41. The summed E-state index contributed by atoms with van der Waals surface area (Å²) in [4.78, 5) is 26.5. The molecule has 1 aliphatic heterocycles. The summed E-state index contributed by atoms with van der Waals surface area (Å²) in [6.07, 6.45) is -2.69. The van der Waals surface area contributed by atoms with Crippen molar-refractivity contribution in [2.75, 3.05) is 18.4 Å². The van der Waals surface area contributed by atoms with Gasteiger partial charge in [0.25, 0.3) is 11.8 Å². The maximum atomic E-state index is 13.4. The van der Waals surface area contributed by atoms with Gasteiger partial charge < -0.3 is 10.2 Å². The highest BCUT2D eigenvalue weighted by molar-refractivity contribution is 6.04. The van der Waals surface area contributed by atoms with Crippen LogP contribution < -0.4 is 5.32 Å². The quantitative estimate of drug-likeness (QED) is 0.827. The third-order valence-electron chi connectivity index (χ3n) is 5.24. The first-order valence-corrected chi connectivity index (χ1v) is 9.42. The summed E-state index contributed by atoms with van der Waals surface area (Å²) in [5.74, 6) is -1.21. The number of alkyl halides is 3. The predicted octanol–water partition coefficient (Wildman–Crippen LogP) is 3.16. The number of nitrogens with one attached hydrogen (secondary N) is 1. The summed E-state index contributed by atoms with van der Waals surface area (Å²) >= 11 is 0. The highest BCUT2D eigenvalue weighted by Gasteiger charge is 2.35. The zero-order chi connectivity index (χ0) is 21.6. The van der Waals surface area contributed by atoms with Gasteiger partial charge in [-0.15, -0.1) is 0 Å². The van der Waals surface area contributed by atoms with E-state index in [1.165, 1.54) is 15.6 Å². The molecule has 2 aliphatic rings. The molecule has 1 aromatic heterocycles. The molecule has 0 spiro atoms. The minimum absolute atomic E-state index is 0.135. The number of hydrogen-bond donors (Lipinski definition) is 1. The van der Waals surface area contributed by atoms with Gasteiger partial charge in [0, 0.05) is 37.3 Å². The number of nitriles is 1. The number of carbonyl (C=O) groups excluding carboxylic acids is 2. The van der Waals surface area contributed by atoms with E-state index in [-0.39, 0.29) is 36.0 Å². The molecule has 1 saturated heterocycles. The summed E-state index contributed by atoms with van der Waals surface area (Å²) in [7, 11) is 1.59. The van der Waals surface area contributed by atoms with E-state index in [2.05, 4.69) is 10.4 Å². The lowest BCUT2D eigenvalue weighted by Crippen LogP contribution is -2.49. The van der Waals surface area contributed by atoms with Crippen LogP contribution in [0.2, 0.25) is 0 Å².